The van der Waals surface area contributed by atoms with Gasteiger partial charge in [-0.1, -0.05) is 44.9 Å². The molecule has 0 heterocycles. The zero-order valence-corrected chi connectivity index (χ0v) is 18.9. The normalized spacial score (nSPS) is 14.3. The Kier molecular flexibility index (Phi) is 12.4. The van der Waals surface area contributed by atoms with Crippen molar-refractivity contribution in [3.63, 3.8) is 0 Å². The van der Waals surface area contributed by atoms with Crippen LogP contribution in [0.3, 0.4) is 0 Å². The van der Waals surface area contributed by atoms with E-state index in [1.165, 1.54) is 21.3 Å². The topological polar surface area (TPSA) is 27.7 Å². The van der Waals surface area contributed by atoms with Crippen molar-refractivity contribution >= 4 is 8.80 Å². The van der Waals surface area contributed by atoms with Gasteiger partial charge in [-0.3, -0.25) is 0 Å². The SMILES string of the molecule is CO[Si](CCCCCCCCCCCC(F)(F)C(F)(F)C(F)(F)C(F)(F)F)(OC)OC. The molecule has 0 saturated heterocycles. The molecule has 188 valence electrons. The molecule has 13 heteroatoms. The van der Waals surface area contributed by atoms with Gasteiger partial charge in [0.2, 0.25) is 0 Å². The van der Waals surface area contributed by atoms with Crippen molar-refractivity contribution in [2.24, 2.45) is 0 Å². The fraction of sp³-hybridized carbons (Fsp3) is 1.00. The molecule has 0 bridgehead atoms. The summed E-state index contributed by atoms with van der Waals surface area (Å²) in [5.41, 5.74) is 0. The molecule has 3 nitrogen and oxygen atoms in total. The molecule has 0 N–H and O–H groups in total. The molecule has 0 aromatic heterocycles. The third-order valence-electron chi connectivity index (χ3n) is 5.12. The van der Waals surface area contributed by atoms with E-state index in [0.717, 1.165) is 32.1 Å². The van der Waals surface area contributed by atoms with Crippen LogP contribution in [0.5, 0.6) is 0 Å². The minimum Gasteiger partial charge on any atom is -0.377 e. The van der Waals surface area contributed by atoms with Crippen molar-refractivity contribution in [3.05, 3.63) is 0 Å². The Morgan fingerprint density at radius 2 is 0.871 bits per heavy atom. The van der Waals surface area contributed by atoms with Crippen LogP contribution in [0.25, 0.3) is 0 Å². The van der Waals surface area contributed by atoms with E-state index in [4.69, 9.17) is 13.3 Å². The molecule has 0 atom stereocenters. The first kappa shape index (κ1) is 30.5. The van der Waals surface area contributed by atoms with Crippen molar-refractivity contribution in [2.45, 2.75) is 94.2 Å². The van der Waals surface area contributed by atoms with E-state index in [1.807, 2.05) is 0 Å². The van der Waals surface area contributed by atoms with Gasteiger partial charge >= 0.3 is 32.7 Å². The summed E-state index contributed by atoms with van der Waals surface area (Å²) < 4.78 is 131. The van der Waals surface area contributed by atoms with Gasteiger partial charge in [0, 0.05) is 33.8 Å². The Morgan fingerprint density at radius 1 is 0.516 bits per heavy atom. The maximum atomic E-state index is 13.4. The predicted octanol–water partition coefficient (Wildman–Crippen LogP) is 7.23. The van der Waals surface area contributed by atoms with Crippen LogP contribution in [0.2, 0.25) is 6.04 Å². The average Bonchev–Trinajstić information content (AvgIpc) is 2.68. The predicted molar refractivity (Wildman–Crippen MR) is 98.7 cm³/mol. The van der Waals surface area contributed by atoms with E-state index in [1.54, 1.807) is 0 Å². The fourth-order valence-electron chi connectivity index (χ4n) is 3.05. The highest BCUT2D eigenvalue weighted by molar-refractivity contribution is 6.60. The summed E-state index contributed by atoms with van der Waals surface area (Å²) in [6.07, 6.45) is -3.77. The number of halogens is 9. The summed E-state index contributed by atoms with van der Waals surface area (Å²) in [6, 6.07) is 0.669. The molecular weight excluding hydrogens is 463 g/mol. The summed E-state index contributed by atoms with van der Waals surface area (Å²) in [5, 5.41) is 0. The Bertz CT molecular complexity index is 490. The summed E-state index contributed by atoms with van der Waals surface area (Å²) in [4.78, 5) is 0. The van der Waals surface area contributed by atoms with Crippen LogP contribution >= 0.6 is 0 Å². The first-order chi connectivity index (χ1) is 14.1. The molecule has 0 aliphatic rings. The third-order valence-corrected chi connectivity index (χ3v) is 7.95. The van der Waals surface area contributed by atoms with Crippen molar-refractivity contribution in [1.82, 2.24) is 0 Å². The third kappa shape index (κ3) is 8.39. The van der Waals surface area contributed by atoms with Crippen molar-refractivity contribution < 1.29 is 52.8 Å². The van der Waals surface area contributed by atoms with Crippen molar-refractivity contribution in [3.8, 4) is 0 Å². The molecule has 0 spiro atoms. The lowest BCUT2D eigenvalue weighted by Crippen LogP contribution is -2.60. The molecule has 0 aliphatic heterocycles. The van der Waals surface area contributed by atoms with Crippen molar-refractivity contribution in [2.75, 3.05) is 21.3 Å². The van der Waals surface area contributed by atoms with Crippen LogP contribution in [0.15, 0.2) is 0 Å². The van der Waals surface area contributed by atoms with E-state index >= 15 is 0 Å². The van der Waals surface area contributed by atoms with Crippen LogP contribution in [0, 0.1) is 0 Å². The van der Waals surface area contributed by atoms with Crippen LogP contribution in [0.1, 0.15) is 64.2 Å². The number of unbranched alkanes of at least 4 members (excludes halogenated alkanes) is 8. The van der Waals surface area contributed by atoms with E-state index in [-0.39, 0.29) is 6.42 Å². The minimum absolute atomic E-state index is 0.0346. The lowest BCUT2D eigenvalue weighted by molar-refractivity contribution is -0.396. The molecule has 0 fully saturated rings. The molecule has 0 unspecified atom stereocenters. The zero-order chi connectivity index (χ0) is 24.4. The molecule has 31 heavy (non-hydrogen) atoms. The van der Waals surface area contributed by atoms with E-state index in [9.17, 15) is 39.5 Å². The van der Waals surface area contributed by atoms with Gasteiger partial charge in [0.15, 0.2) is 0 Å². The van der Waals surface area contributed by atoms with Crippen LogP contribution in [0.4, 0.5) is 39.5 Å². The van der Waals surface area contributed by atoms with Gasteiger partial charge in [-0.25, -0.2) is 0 Å². The van der Waals surface area contributed by atoms with Gasteiger partial charge in [0.25, 0.3) is 0 Å². The molecule has 0 rings (SSSR count). The largest absolute Gasteiger partial charge is 0.500 e. The van der Waals surface area contributed by atoms with Crippen LogP contribution < -0.4 is 0 Å². The second-order valence-electron chi connectivity index (χ2n) is 7.33. The van der Waals surface area contributed by atoms with Crippen molar-refractivity contribution in [1.29, 1.82) is 0 Å². The summed E-state index contributed by atoms with van der Waals surface area (Å²) >= 11 is 0. The Hall–Kier alpha value is -0.533. The van der Waals surface area contributed by atoms with Gasteiger partial charge in [0.1, 0.15) is 0 Å². The highest BCUT2D eigenvalue weighted by atomic mass is 28.4. The highest BCUT2D eigenvalue weighted by Gasteiger charge is 2.81. The Morgan fingerprint density at radius 3 is 1.23 bits per heavy atom. The molecule has 0 amide bonds. The Labute approximate surface area is 178 Å². The first-order valence-electron chi connectivity index (χ1n) is 10.00. The van der Waals surface area contributed by atoms with Gasteiger partial charge in [0.05, 0.1) is 0 Å². The maximum absolute atomic E-state index is 13.4. The summed E-state index contributed by atoms with van der Waals surface area (Å²) in [5.74, 6) is -18.8. The quantitative estimate of drug-likeness (QED) is 0.121. The van der Waals surface area contributed by atoms with E-state index in [0.29, 0.717) is 18.9 Å². The van der Waals surface area contributed by atoms with Gasteiger partial charge < -0.3 is 13.3 Å². The second kappa shape index (κ2) is 12.6. The van der Waals surface area contributed by atoms with E-state index < -0.39 is 45.6 Å². The number of rotatable bonds is 17. The van der Waals surface area contributed by atoms with Crippen LogP contribution in [-0.2, 0) is 13.3 Å². The standard InChI is InChI=1S/C18H31F9O3Si/c1-28-31(29-2,30-3)14-12-10-8-6-4-5-7-9-11-13-15(19,20)16(21,22)17(23,24)18(25,26)27/h4-14H2,1-3H3. The summed E-state index contributed by atoms with van der Waals surface area (Å²) in [6.45, 7) is 0. The monoisotopic (exact) mass is 494 g/mol. The lowest BCUT2D eigenvalue weighted by Gasteiger charge is -2.33. The number of alkyl halides is 9. The van der Waals surface area contributed by atoms with E-state index in [2.05, 4.69) is 0 Å². The minimum atomic E-state index is -6.80. The van der Waals surface area contributed by atoms with Crippen LogP contribution in [-0.4, -0.2) is 54.1 Å². The smallest absolute Gasteiger partial charge is 0.377 e. The molecule has 0 aromatic rings. The number of hydrogen-bond acceptors (Lipinski definition) is 3. The highest BCUT2D eigenvalue weighted by Crippen LogP contribution is 2.54. The van der Waals surface area contributed by atoms with Gasteiger partial charge in [-0.05, 0) is 12.8 Å². The maximum Gasteiger partial charge on any atom is 0.500 e. The molecule has 0 aliphatic carbocycles. The molecular formula is C18H31F9O3Si. The van der Waals surface area contributed by atoms with Gasteiger partial charge in [-0.15, -0.1) is 0 Å². The lowest BCUT2D eigenvalue weighted by atomic mass is 9.97. The second-order valence-corrected chi connectivity index (χ2v) is 10.4. The molecule has 0 radical (unpaired) electrons. The first-order valence-corrected chi connectivity index (χ1v) is 11.9. The van der Waals surface area contributed by atoms with Gasteiger partial charge in [-0.2, -0.15) is 39.5 Å². The molecule has 0 saturated carbocycles. The zero-order valence-electron chi connectivity index (χ0n) is 17.9. The fourth-order valence-corrected chi connectivity index (χ4v) is 4.84. The summed E-state index contributed by atoms with van der Waals surface area (Å²) in [7, 11) is 1.99. The molecule has 0 aromatic carbocycles. The number of hydrogen-bond donors (Lipinski definition) is 0. The Balaban J connectivity index is 4.06. The average molecular weight is 495 g/mol.